The topological polar surface area (TPSA) is 177 Å². The highest BCUT2D eigenvalue weighted by Crippen LogP contribution is 2.21. The number of benzene rings is 1. The summed E-state index contributed by atoms with van der Waals surface area (Å²) in [5, 5.41) is 16.9. The first-order valence-electron chi connectivity index (χ1n) is 12.9. The fourth-order valence-electron chi connectivity index (χ4n) is 3.64. The number of aliphatic carboxylic acids is 1. The number of alkyl carbamates (subject to hydrolysis) is 1. The van der Waals surface area contributed by atoms with Crippen LogP contribution in [0.4, 0.5) is 15.3 Å². The van der Waals surface area contributed by atoms with E-state index in [1.807, 2.05) is 34.6 Å². The summed E-state index contributed by atoms with van der Waals surface area (Å²) in [6.07, 6.45) is 0.435. The van der Waals surface area contributed by atoms with E-state index in [9.17, 15) is 29.1 Å². The van der Waals surface area contributed by atoms with Gasteiger partial charge < -0.3 is 31.5 Å². The zero-order valence-electron chi connectivity index (χ0n) is 22.9. The van der Waals surface area contributed by atoms with E-state index in [1.54, 1.807) is 24.3 Å². The number of carboxylic acid groups (broad SMARTS) is 1. The van der Waals surface area contributed by atoms with Gasteiger partial charge in [0.1, 0.15) is 18.4 Å². The maximum atomic E-state index is 13.0. The second-order valence-corrected chi connectivity index (χ2v) is 10.3. The van der Waals surface area contributed by atoms with Crippen LogP contribution in [0, 0.1) is 23.7 Å². The second kappa shape index (κ2) is 16.3. The lowest BCUT2D eigenvalue weighted by atomic mass is 9.86. The van der Waals surface area contributed by atoms with Gasteiger partial charge >= 0.3 is 18.1 Å². The average Bonchev–Trinajstić information content (AvgIpc) is 2.83. The minimum absolute atomic E-state index is 0.00677. The molecular weight excluding hydrogens is 492 g/mol. The minimum Gasteiger partial charge on any atom is -0.480 e. The number of nitrogens with two attached hydrogens (primary N) is 1. The van der Waals surface area contributed by atoms with Crippen molar-refractivity contribution in [2.75, 3.05) is 11.9 Å². The number of nitrogens with one attached hydrogen (secondary N) is 3. The molecule has 0 aliphatic rings. The molecule has 1 aromatic rings. The molecule has 4 amide bonds. The van der Waals surface area contributed by atoms with Crippen molar-refractivity contribution in [2.45, 2.75) is 73.0 Å². The van der Waals surface area contributed by atoms with E-state index in [2.05, 4.69) is 16.0 Å². The van der Waals surface area contributed by atoms with Gasteiger partial charge in [0, 0.05) is 30.5 Å². The Morgan fingerprint density at radius 2 is 1.63 bits per heavy atom. The third-order valence-corrected chi connectivity index (χ3v) is 6.24. The Morgan fingerprint density at radius 3 is 2.16 bits per heavy atom. The van der Waals surface area contributed by atoms with Gasteiger partial charge in [-0.05, 0) is 48.8 Å². The van der Waals surface area contributed by atoms with Crippen molar-refractivity contribution in [3.05, 3.63) is 29.8 Å². The van der Waals surface area contributed by atoms with E-state index in [0.29, 0.717) is 30.6 Å². The first-order chi connectivity index (χ1) is 17.8. The summed E-state index contributed by atoms with van der Waals surface area (Å²) in [5.41, 5.74) is 6.24. The first kappa shape index (κ1) is 32.4. The van der Waals surface area contributed by atoms with Crippen LogP contribution in [0.1, 0.15) is 65.9 Å². The van der Waals surface area contributed by atoms with Crippen LogP contribution in [0.25, 0.3) is 0 Å². The summed E-state index contributed by atoms with van der Waals surface area (Å²) >= 11 is 0. The quantitative estimate of drug-likeness (QED) is 0.201. The Balaban J connectivity index is 2.72. The van der Waals surface area contributed by atoms with Crippen molar-refractivity contribution in [2.24, 2.45) is 29.4 Å². The lowest BCUT2D eigenvalue weighted by Crippen LogP contribution is -2.41. The molecule has 212 valence electrons. The largest absolute Gasteiger partial charge is 0.480 e. The maximum absolute atomic E-state index is 13.0. The standard InChI is InChI=1S/C27H42N4O7/c1-16(2)13-22(25(34)35)31-27(37)38-15-19-8-10-21(11-9-19)30-24(33)20(7-6-12-29-26(28)36)14-23(32)18(5)17(3)4/h8-11,16-18,20,22H,6-7,12-15H2,1-5H3,(H,30,33)(H,31,37)(H,34,35)(H3,28,29,36)/t18-,20+,22-/m0/s1. The van der Waals surface area contributed by atoms with Gasteiger partial charge in [0.25, 0.3) is 0 Å². The number of Topliss-reactive ketones (excluding diaryl/α,β-unsaturated/α-hetero) is 1. The molecule has 0 radical (unpaired) electrons. The third kappa shape index (κ3) is 12.6. The Kier molecular flexibility index (Phi) is 13.9. The summed E-state index contributed by atoms with van der Waals surface area (Å²) in [4.78, 5) is 59.9. The van der Waals surface area contributed by atoms with Gasteiger partial charge in [0.2, 0.25) is 5.91 Å². The molecule has 38 heavy (non-hydrogen) atoms. The summed E-state index contributed by atoms with van der Waals surface area (Å²) in [5.74, 6) is -1.93. The van der Waals surface area contributed by atoms with Crippen molar-refractivity contribution in [1.82, 2.24) is 10.6 Å². The molecule has 0 aliphatic heterocycles. The maximum Gasteiger partial charge on any atom is 0.408 e. The smallest absolute Gasteiger partial charge is 0.408 e. The molecule has 0 spiro atoms. The monoisotopic (exact) mass is 534 g/mol. The molecule has 0 fully saturated rings. The Bertz CT molecular complexity index is 947. The van der Waals surface area contributed by atoms with Gasteiger partial charge in [0.05, 0.1) is 0 Å². The lowest BCUT2D eigenvalue weighted by molar-refractivity contribution is -0.139. The van der Waals surface area contributed by atoms with Gasteiger partial charge in [0.15, 0.2) is 0 Å². The van der Waals surface area contributed by atoms with Crippen LogP contribution in [0.5, 0.6) is 0 Å². The van der Waals surface area contributed by atoms with E-state index in [4.69, 9.17) is 10.5 Å². The SMILES string of the molecule is CC(C)C[C@H](NC(=O)OCc1ccc(NC(=O)[C@H](CCCNC(N)=O)CC(=O)[C@@H](C)C(C)C)cc1)C(=O)O. The van der Waals surface area contributed by atoms with Crippen LogP contribution >= 0.6 is 0 Å². The van der Waals surface area contributed by atoms with E-state index in [0.717, 1.165) is 0 Å². The van der Waals surface area contributed by atoms with Crippen molar-refractivity contribution < 1.29 is 33.8 Å². The molecule has 0 heterocycles. The second-order valence-electron chi connectivity index (χ2n) is 10.3. The van der Waals surface area contributed by atoms with Crippen molar-refractivity contribution >= 4 is 35.5 Å². The fourth-order valence-corrected chi connectivity index (χ4v) is 3.64. The number of carbonyl (C=O) groups is 5. The molecule has 1 rings (SSSR count). The number of carbonyl (C=O) groups excluding carboxylic acids is 4. The van der Waals surface area contributed by atoms with E-state index in [-0.39, 0.29) is 48.9 Å². The number of carboxylic acids is 1. The van der Waals surface area contributed by atoms with Gasteiger partial charge in [-0.3, -0.25) is 9.59 Å². The highest BCUT2D eigenvalue weighted by Gasteiger charge is 2.26. The van der Waals surface area contributed by atoms with Crippen LogP contribution in [0.2, 0.25) is 0 Å². The number of hydrogen-bond acceptors (Lipinski definition) is 6. The van der Waals surface area contributed by atoms with E-state index in [1.165, 1.54) is 0 Å². The Hall–Kier alpha value is -3.63. The molecule has 0 unspecified atom stereocenters. The van der Waals surface area contributed by atoms with Crippen LogP contribution in [-0.2, 0) is 25.7 Å². The predicted molar refractivity (Wildman–Crippen MR) is 143 cm³/mol. The Morgan fingerprint density at radius 1 is 1.00 bits per heavy atom. The van der Waals surface area contributed by atoms with E-state index >= 15 is 0 Å². The first-order valence-corrected chi connectivity index (χ1v) is 12.9. The molecule has 1 aromatic carbocycles. The highest BCUT2D eigenvalue weighted by atomic mass is 16.5. The van der Waals surface area contributed by atoms with Crippen LogP contribution in [0.3, 0.4) is 0 Å². The molecule has 11 heteroatoms. The van der Waals surface area contributed by atoms with E-state index < -0.39 is 30.1 Å². The molecule has 0 aliphatic carbocycles. The summed E-state index contributed by atoms with van der Waals surface area (Å²) in [6, 6.07) is 4.96. The summed E-state index contributed by atoms with van der Waals surface area (Å²) in [7, 11) is 0. The normalized spacial score (nSPS) is 13.3. The third-order valence-electron chi connectivity index (χ3n) is 6.24. The zero-order valence-corrected chi connectivity index (χ0v) is 22.9. The molecule has 3 atom stereocenters. The number of ketones is 1. The zero-order chi connectivity index (χ0) is 28.8. The molecule has 0 saturated heterocycles. The van der Waals surface area contributed by atoms with Crippen LogP contribution in [0.15, 0.2) is 24.3 Å². The molecule has 6 N–H and O–H groups in total. The van der Waals surface area contributed by atoms with Crippen molar-refractivity contribution in [3.8, 4) is 0 Å². The fraction of sp³-hybridized carbons (Fsp3) is 0.593. The van der Waals surface area contributed by atoms with Crippen molar-refractivity contribution in [3.63, 3.8) is 0 Å². The van der Waals surface area contributed by atoms with Crippen LogP contribution in [-0.4, -0.2) is 47.5 Å². The number of ether oxygens (including phenoxy) is 1. The number of urea groups is 1. The molecule has 0 bridgehead atoms. The minimum atomic E-state index is -1.13. The number of hydrogen-bond donors (Lipinski definition) is 5. The van der Waals surface area contributed by atoms with Crippen molar-refractivity contribution in [1.29, 1.82) is 0 Å². The van der Waals surface area contributed by atoms with Gasteiger partial charge in [-0.2, -0.15) is 0 Å². The Labute approximate surface area is 224 Å². The number of amides is 4. The molecule has 0 aromatic heterocycles. The van der Waals surface area contributed by atoms with Gasteiger partial charge in [-0.25, -0.2) is 14.4 Å². The van der Waals surface area contributed by atoms with Gasteiger partial charge in [-0.1, -0.05) is 46.8 Å². The molecule has 11 nitrogen and oxygen atoms in total. The van der Waals surface area contributed by atoms with Gasteiger partial charge in [-0.15, -0.1) is 0 Å². The molecular formula is C27H42N4O7. The number of primary amides is 1. The summed E-state index contributed by atoms with van der Waals surface area (Å²) < 4.78 is 5.13. The summed E-state index contributed by atoms with van der Waals surface area (Å²) in [6.45, 7) is 9.71. The average molecular weight is 535 g/mol. The van der Waals surface area contributed by atoms with Crippen LogP contribution < -0.4 is 21.7 Å². The predicted octanol–water partition coefficient (Wildman–Crippen LogP) is 3.67. The highest BCUT2D eigenvalue weighted by molar-refractivity contribution is 5.95. The molecule has 0 saturated carbocycles. The lowest BCUT2D eigenvalue weighted by Gasteiger charge is -2.20. The number of rotatable bonds is 16. The number of anilines is 1.